The molecule has 3 aromatic rings. The molecule has 4 rings (SSSR count). The SMILES string of the molecule is Cc1ccc2[nH]c(C3CCCN(C(=O)c4cccc(F)c4)C3)cc2c1. The van der Waals surface area contributed by atoms with E-state index in [1.54, 1.807) is 12.1 Å². The Kier molecular flexibility index (Phi) is 4.04. The van der Waals surface area contributed by atoms with Crippen LogP contribution in [0.3, 0.4) is 0 Å². The average molecular weight is 336 g/mol. The van der Waals surface area contributed by atoms with Crippen molar-refractivity contribution in [2.45, 2.75) is 25.7 Å². The molecule has 128 valence electrons. The lowest BCUT2D eigenvalue weighted by molar-refractivity contribution is 0.0705. The number of nitrogens with one attached hydrogen (secondary N) is 1. The Morgan fingerprint density at radius 2 is 2.08 bits per heavy atom. The van der Waals surface area contributed by atoms with Crippen molar-refractivity contribution in [1.82, 2.24) is 9.88 Å². The number of aryl methyl sites for hydroxylation is 1. The van der Waals surface area contributed by atoms with Crippen LogP contribution in [0.4, 0.5) is 4.39 Å². The van der Waals surface area contributed by atoms with Gasteiger partial charge in [-0.3, -0.25) is 4.79 Å². The number of amides is 1. The van der Waals surface area contributed by atoms with E-state index in [9.17, 15) is 9.18 Å². The van der Waals surface area contributed by atoms with E-state index in [1.807, 2.05) is 4.90 Å². The third-order valence-electron chi connectivity index (χ3n) is 5.02. The van der Waals surface area contributed by atoms with Crippen LogP contribution in [0.5, 0.6) is 0 Å². The minimum Gasteiger partial charge on any atom is -0.358 e. The molecule has 1 amide bonds. The van der Waals surface area contributed by atoms with Crippen molar-refractivity contribution in [2.24, 2.45) is 0 Å². The van der Waals surface area contributed by atoms with Crippen molar-refractivity contribution in [2.75, 3.05) is 13.1 Å². The molecule has 25 heavy (non-hydrogen) atoms. The van der Waals surface area contributed by atoms with Crippen LogP contribution in [-0.4, -0.2) is 28.9 Å². The van der Waals surface area contributed by atoms with E-state index in [1.165, 1.54) is 28.8 Å². The zero-order chi connectivity index (χ0) is 17.4. The maximum Gasteiger partial charge on any atom is 0.253 e. The lowest BCUT2D eigenvalue weighted by atomic mass is 9.94. The van der Waals surface area contributed by atoms with E-state index >= 15 is 0 Å². The van der Waals surface area contributed by atoms with E-state index in [4.69, 9.17) is 0 Å². The van der Waals surface area contributed by atoms with Gasteiger partial charge in [0.25, 0.3) is 5.91 Å². The van der Waals surface area contributed by atoms with Gasteiger partial charge in [-0.1, -0.05) is 17.7 Å². The fourth-order valence-electron chi connectivity index (χ4n) is 3.71. The molecule has 0 saturated carbocycles. The number of benzene rings is 2. The summed E-state index contributed by atoms with van der Waals surface area (Å²) >= 11 is 0. The zero-order valence-corrected chi connectivity index (χ0v) is 14.3. The van der Waals surface area contributed by atoms with Crippen LogP contribution in [0.15, 0.2) is 48.5 Å². The first-order chi connectivity index (χ1) is 12.1. The number of carbonyl (C=O) groups excluding carboxylic acids is 1. The third kappa shape index (κ3) is 3.16. The molecule has 1 aromatic heterocycles. The number of hydrogen-bond donors (Lipinski definition) is 1. The second-order valence-corrected chi connectivity index (χ2v) is 6.92. The van der Waals surface area contributed by atoms with Crippen LogP contribution >= 0.6 is 0 Å². The molecule has 1 atom stereocenters. The average Bonchev–Trinajstić information content (AvgIpc) is 3.04. The van der Waals surface area contributed by atoms with Gasteiger partial charge in [0, 0.05) is 35.8 Å². The summed E-state index contributed by atoms with van der Waals surface area (Å²) in [5.41, 5.74) is 3.98. The molecule has 0 bridgehead atoms. The number of likely N-dealkylation sites (tertiary alicyclic amines) is 1. The zero-order valence-electron chi connectivity index (χ0n) is 14.3. The summed E-state index contributed by atoms with van der Waals surface area (Å²) in [5.74, 6) is -0.166. The fraction of sp³-hybridized carbons (Fsp3) is 0.286. The van der Waals surface area contributed by atoms with Gasteiger partial charge in [-0.2, -0.15) is 0 Å². The minimum absolute atomic E-state index is 0.0869. The fourth-order valence-corrected chi connectivity index (χ4v) is 3.71. The van der Waals surface area contributed by atoms with Crippen LogP contribution < -0.4 is 0 Å². The monoisotopic (exact) mass is 336 g/mol. The number of rotatable bonds is 2. The van der Waals surface area contributed by atoms with Crippen LogP contribution in [-0.2, 0) is 0 Å². The van der Waals surface area contributed by atoms with Crippen LogP contribution in [0.2, 0.25) is 0 Å². The summed E-state index contributed by atoms with van der Waals surface area (Å²) in [4.78, 5) is 18.0. The Morgan fingerprint density at radius 3 is 2.92 bits per heavy atom. The summed E-state index contributed by atoms with van der Waals surface area (Å²) < 4.78 is 13.4. The molecule has 0 aliphatic carbocycles. The lowest BCUT2D eigenvalue weighted by Gasteiger charge is -2.32. The quantitative estimate of drug-likeness (QED) is 0.727. The summed E-state index contributed by atoms with van der Waals surface area (Å²) in [7, 11) is 0. The van der Waals surface area contributed by atoms with Crippen molar-refractivity contribution in [3.63, 3.8) is 0 Å². The van der Waals surface area contributed by atoms with Crippen molar-refractivity contribution in [3.8, 4) is 0 Å². The first-order valence-corrected chi connectivity index (χ1v) is 8.74. The van der Waals surface area contributed by atoms with Crippen LogP contribution in [0.1, 0.15) is 40.4 Å². The Hall–Kier alpha value is -2.62. The topological polar surface area (TPSA) is 36.1 Å². The van der Waals surface area contributed by atoms with E-state index in [0.29, 0.717) is 18.0 Å². The molecular weight excluding hydrogens is 315 g/mol. The number of nitrogens with zero attached hydrogens (tertiary/aromatic N) is 1. The van der Waals surface area contributed by atoms with Gasteiger partial charge < -0.3 is 9.88 Å². The number of aromatic amines is 1. The minimum atomic E-state index is -0.370. The highest BCUT2D eigenvalue weighted by molar-refractivity contribution is 5.94. The second-order valence-electron chi connectivity index (χ2n) is 6.92. The van der Waals surface area contributed by atoms with Gasteiger partial charge in [0.15, 0.2) is 0 Å². The predicted molar refractivity (Wildman–Crippen MR) is 97.3 cm³/mol. The molecular formula is C21H21FN2O. The number of H-pyrrole nitrogens is 1. The molecule has 4 heteroatoms. The number of fused-ring (bicyclic) bond motifs is 1. The van der Waals surface area contributed by atoms with Gasteiger partial charge in [0.1, 0.15) is 5.82 Å². The lowest BCUT2D eigenvalue weighted by Crippen LogP contribution is -2.39. The number of halogens is 1. The molecule has 1 aliphatic heterocycles. The number of piperidine rings is 1. The Bertz CT molecular complexity index is 931. The normalized spacial score (nSPS) is 17.8. The molecule has 1 unspecified atom stereocenters. The first kappa shape index (κ1) is 15.9. The second kappa shape index (κ2) is 6.36. The van der Waals surface area contributed by atoms with E-state index in [0.717, 1.165) is 24.9 Å². The third-order valence-corrected chi connectivity index (χ3v) is 5.02. The number of aromatic nitrogens is 1. The molecule has 1 fully saturated rings. The van der Waals surface area contributed by atoms with Gasteiger partial charge in [-0.15, -0.1) is 0 Å². The maximum absolute atomic E-state index is 13.4. The molecule has 2 heterocycles. The first-order valence-electron chi connectivity index (χ1n) is 8.74. The standard InChI is InChI=1S/C21H21FN2O/c1-14-7-8-19-17(10-14)12-20(23-19)16-5-3-9-24(13-16)21(25)15-4-2-6-18(22)11-15/h2,4,6-8,10-12,16,23H,3,5,9,13H2,1H3. The molecule has 1 N–H and O–H groups in total. The highest BCUT2D eigenvalue weighted by atomic mass is 19.1. The number of carbonyl (C=O) groups is 1. The maximum atomic E-state index is 13.4. The van der Waals surface area contributed by atoms with Crippen LogP contribution in [0, 0.1) is 12.7 Å². The van der Waals surface area contributed by atoms with Gasteiger partial charge >= 0.3 is 0 Å². The van der Waals surface area contributed by atoms with Gasteiger partial charge in [-0.05, 0) is 61.5 Å². The molecule has 1 saturated heterocycles. The molecule has 1 aliphatic rings. The molecule has 3 nitrogen and oxygen atoms in total. The summed E-state index contributed by atoms with van der Waals surface area (Å²) in [5, 5.41) is 1.21. The molecule has 2 aromatic carbocycles. The van der Waals surface area contributed by atoms with E-state index in [2.05, 4.69) is 36.2 Å². The highest BCUT2D eigenvalue weighted by Crippen LogP contribution is 2.30. The van der Waals surface area contributed by atoms with Gasteiger partial charge in [-0.25, -0.2) is 4.39 Å². The molecule has 0 spiro atoms. The van der Waals surface area contributed by atoms with E-state index < -0.39 is 0 Å². The Labute approximate surface area is 146 Å². The van der Waals surface area contributed by atoms with E-state index in [-0.39, 0.29) is 11.7 Å². The van der Waals surface area contributed by atoms with Crippen molar-refractivity contribution < 1.29 is 9.18 Å². The largest absolute Gasteiger partial charge is 0.358 e. The van der Waals surface area contributed by atoms with Gasteiger partial charge in [0.05, 0.1) is 0 Å². The summed E-state index contributed by atoms with van der Waals surface area (Å²) in [6, 6.07) is 14.5. The predicted octanol–water partition coefficient (Wildman–Crippen LogP) is 4.64. The van der Waals surface area contributed by atoms with Crippen LogP contribution in [0.25, 0.3) is 10.9 Å². The Morgan fingerprint density at radius 1 is 1.20 bits per heavy atom. The summed E-state index contributed by atoms with van der Waals surface area (Å²) in [6.45, 7) is 3.48. The van der Waals surface area contributed by atoms with Crippen molar-refractivity contribution in [3.05, 3.63) is 71.2 Å². The molecule has 0 radical (unpaired) electrons. The van der Waals surface area contributed by atoms with Crippen molar-refractivity contribution in [1.29, 1.82) is 0 Å². The summed E-state index contributed by atoms with van der Waals surface area (Å²) in [6.07, 6.45) is 2.01. The van der Waals surface area contributed by atoms with Crippen molar-refractivity contribution >= 4 is 16.8 Å². The smallest absolute Gasteiger partial charge is 0.253 e. The number of hydrogen-bond acceptors (Lipinski definition) is 1. The van der Waals surface area contributed by atoms with Gasteiger partial charge in [0.2, 0.25) is 0 Å². The highest BCUT2D eigenvalue weighted by Gasteiger charge is 2.26. The Balaban J connectivity index is 1.56.